The van der Waals surface area contributed by atoms with Crippen LogP contribution in [-0.4, -0.2) is 42.4 Å². The summed E-state index contributed by atoms with van der Waals surface area (Å²) >= 11 is 0. The molecule has 1 aliphatic heterocycles. The zero-order valence-corrected chi connectivity index (χ0v) is 14.9. The number of sulfonamides is 1. The minimum Gasteiger partial charge on any atom is -0.480 e. The normalized spacial score (nSPS) is 35.1. The van der Waals surface area contributed by atoms with Gasteiger partial charge in [-0.15, -0.1) is 0 Å². The Balaban J connectivity index is 1.47. The second-order valence-electron chi connectivity index (χ2n) is 8.07. The third-order valence-corrected chi connectivity index (χ3v) is 7.15. The molecule has 1 atom stereocenters. The molecule has 1 heterocycles. The summed E-state index contributed by atoms with van der Waals surface area (Å²) in [4.78, 5) is 16.0. The Morgan fingerprint density at radius 1 is 1.24 bits per heavy atom. The van der Waals surface area contributed by atoms with E-state index in [1.807, 2.05) is 13.8 Å². The fourth-order valence-electron chi connectivity index (χ4n) is 4.42. The van der Waals surface area contributed by atoms with Gasteiger partial charge in [-0.1, -0.05) is 18.2 Å². The molecule has 0 saturated heterocycles. The highest BCUT2D eigenvalue weighted by atomic mass is 32.2. The predicted molar refractivity (Wildman–Crippen MR) is 91.9 cm³/mol. The number of carboxylic acid groups (broad SMARTS) is 1. The van der Waals surface area contributed by atoms with Gasteiger partial charge in [-0.25, -0.2) is 17.9 Å². The summed E-state index contributed by atoms with van der Waals surface area (Å²) in [6.45, 7) is 3.64. The molecule has 0 aromatic heterocycles. The van der Waals surface area contributed by atoms with Crippen LogP contribution in [0.1, 0.15) is 33.1 Å². The number of hydrogen-bond acceptors (Lipinski definition) is 5. The number of amidine groups is 1. The zero-order valence-electron chi connectivity index (χ0n) is 14.1. The van der Waals surface area contributed by atoms with Crippen molar-refractivity contribution in [1.82, 2.24) is 10.0 Å². The van der Waals surface area contributed by atoms with Gasteiger partial charge in [-0.3, -0.25) is 4.99 Å². The SMILES string of the molecule is CC1(C)NC(C23CC(NS(=O)(=O)c4ccccc4)(C2)C3)=N[C@H]1C(=O)O. The van der Waals surface area contributed by atoms with Gasteiger partial charge in [0.2, 0.25) is 10.0 Å². The van der Waals surface area contributed by atoms with Crippen LogP contribution in [0.15, 0.2) is 40.2 Å². The van der Waals surface area contributed by atoms with Crippen molar-refractivity contribution in [2.45, 2.75) is 55.1 Å². The zero-order chi connectivity index (χ0) is 18.1. The first-order valence-corrected chi connectivity index (χ1v) is 9.74. The topological polar surface area (TPSA) is 108 Å². The molecule has 134 valence electrons. The maximum absolute atomic E-state index is 12.5. The van der Waals surface area contributed by atoms with Gasteiger partial charge in [-0.2, -0.15) is 0 Å². The molecule has 0 radical (unpaired) electrons. The Hall–Kier alpha value is -1.93. The first-order valence-electron chi connectivity index (χ1n) is 8.26. The Bertz CT molecular complexity index is 857. The lowest BCUT2D eigenvalue weighted by Gasteiger charge is -2.70. The minimum atomic E-state index is -3.54. The first kappa shape index (κ1) is 16.5. The molecule has 25 heavy (non-hydrogen) atoms. The molecule has 0 unspecified atom stereocenters. The summed E-state index contributed by atoms with van der Waals surface area (Å²) in [5.41, 5.74) is -1.27. The van der Waals surface area contributed by atoms with E-state index in [1.54, 1.807) is 30.3 Å². The molecule has 8 heteroatoms. The van der Waals surface area contributed by atoms with E-state index in [4.69, 9.17) is 0 Å². The highest BCUT2D eigenvalue weighted by molar-refractivity contribution is 7.89. The first-order chi connectivity index (χ1) is 11.6. The standard InChI is InChI=1S/C17H21N3O4S/c1-15(2)12(13(21)22)18-14(19-15)16-8-17(9-16,10-16)20-25(23,24)11-6-4-3-5-7-11/h3-7,12,20H,8-10H2,1-2H3,(H,18,19)(H,21,22)/t12-,16?,17?/m0/s1. The molecule has 0 amide bonds. The van der Waals surface area contributed by atoms with Crippen molar-refractivity contribution in [2.24, 2.45) is 10.4 Å². The highest BCUT2D eigenvalue weighted by Crippen LogP contribution is 2.68. The Kier molecular flexibility index (Phi) is 3.19. The summed E-state index contributed by atoms with van der Waals surface area (Å²) < 4.78 is 27.8. The number of benzene rings is 1. The summed E-state index contributed by atoms with van der Waals surface area (Å²) in [5.74, 6) is -0.232. The van der Waals surface area contributed by atoms with Gasteiger partial charge in [0.25, 0.3) is 0 Å². The van der Waals surface area contributed by atoms with Gasteiger partial charge >= 0.3 is 5.97 Å². The van der Waals surface area contributed by atoms with Crippen LogP contribution in [0.3, 0.4) is 0 Å². The van der Waals surface area contributed by atoms with E-state index in [0.717, 1.165) is 0 Å². The van der Waals surface area contributed by atoms with Crippen LogP contribution in [-0.2, 0) is 14.8 Å². The molecule has 3 fully saturated rings. The summed E-state index contributed by atoms with van der Waals surface area (Å²) in [7, 11) is -3.54. The van der Waals surface area contributed by atoms with Crippen LogP contribution in [0.4, 0.5) is 0 Å². The Morgan fingerprint density at radius 3 is 2.36 bits per heavy atom. The molecular formula is C17H21N3O4S. The van der Waals surface area contributed by atoms with Gasteiger partial charge < -0.3 is 10.4 Å². The monoisotopic (exact) mass is 363 g/mol. The molecule has 3 saturated carbocycles. The fraction of sp³-hybridized carbons (Fsp3) is 0.529. The smallest absolute Gasteiger partial charge is 0.330 e. The summed E-state index contributed by atoms with van der Waals surface area (Å²) in [6, 6.07) is 7.51. The van der Waals surface area contributed by atoms with Crippen molar-refractivity contribution in [2.75, 3.05) is 0 Å². The molecule has 1 aromatic rings. The molecular weight excluding hydrogens is 342 g/mol. The van der Waals surface area contributed by atoms with Crippen LogP contribution in [0.2, 0.25) is 0 Å². The van der Waals surface area contributed by atoms with Crippen molar-refractivity contribution in [3.05, 3.63) is 30.3 Å². The van der Waals surface area contributed by atoms with Gasteiger partial charge in [0.05, 0.1) is 10.4 Å². The number of hydrogen-bond donors (Lipinski definition) is 3. The van der Waals surface area contributed by atoms with E-state index in [-0.39, 0.29) is 10.3 Å². The molecule has 4 aliphatic rings. The maximum atomic E-state index is 12.5. The third kappa shape index (κ3) is 2.38. The van der Waals surface area contributed by atoms with Crippen LogP contribution >= 0.6 is 0 Å². The van der Waals surface area contributed by atoms with Gasteiger partial charge in [0.1, 0.15) is 5.84 Å². The molecule has 5 rings (SSSR count). The second kappa shape index (κ2) is 4.82. The predicted octanol–water partition coefficient (Wildman–Crippen LogP) is 1.12. The van der Waals surface area contributed by atoms with Crippen LogP contribution < -0.4 is 10.0 Å². The van der Waals surface area contributed by atoms with E-state index < -0.39 is 33.1 Å². The molecule has 7 nitrogen and oxygen atoms in total. The average molecular weight is 363 g/mol. The van der Waals surface area contributed by atoms with E-state index in [0.29, 0.717) is 25.1 Å². The van der Waals surface area contributed by atoms with E-state index in [9.17, 15) is 18.3 Å². The van der Waals surface area contributed by atoms with E-state index in [2.05, 4.69) is 15.0 Å². The third-order valence-electron chi connectivity index (χ3n) is 5.55. The quantitative estimate of drug-likeness (QED) is 0.727. The molecule has 0 spiro atoms. The van der Waals surface area contributed by atoms with Gasteiger partial charge in [0, 0.05) is 11.0 Å². The lowest BCUT2D eigenvalue weighted by atomic mass is 9.39. The fourth-order valence-corrected chi connectivity index (χ4v) is 5.84. The van der Waals surface area contributed by atoms with Crippen molar-refractivity contribution in [3.63, 3.8) is 0 Å². The number of aliphatic carboxylic acids is 1. The van der Waals surface area contributed by atoms with Gasteiger partial charge in [-0.05, 0) is 45.2 Å². The lowest BCUT2D eigenvalue weighted by molar-refractivity contribution is -0.139. The molecule has 3 aliphatic carbocycles. The van der Waals surface area contributed by atoms with Gasteiger partial charge in [0.15, 0.2) is 6.04 Å². The number of carboxylic acids is 1. The lowest BCUT2D eigenvalue weighted by Crippen LogP contribution is -2.78. The molecule has 2 bridgehead atoms. The number of nitrogens with one attached hydrogen (secondary N) is 2. The van der Waals surface area contributed by atoms with Crippen LogP contribution in [0, 0.1) is 5.41 Å². The Labute approximate surface area is 146 Å². The second-order valence-corrected chi connectivity index (χ2v) is 9.76. The van der Waals surface area contributed by atoms with Crippen molar-refractivity contribution in [3.8, 4) is 0 Å². The maximum Gasteiger partial charge on any atom is 0.330 e. The van der Waals surface area contributed by atoms with Crippen LogP contribution in [0.25, 0.3) is 0 Å². The molecule has 1 aromatic carbocycles. The minimum absolute atomic E-state index is 0.208. The number of nitrogens with zero attached hydrogens (tertiary/aromatic N) is 1. The number of rotatable bonds is 5. The molecule has 3 N–H and O–H groups in total. The van der Waals surface area contributed by atoms with Crippen LogP contribution in [0.5, 0.6) is 0 Å². The summed E-state index contributed by atoms with van der Waals surface area (Å²) in [5, 5.41) is 12.6. The summed E-state index contributed by atoms with van der Waals surface area (Å²) in [6.07, 6.45) is 1.96. The van der Waals surface area contributed by atoms with Crippen molar-refractivity contribution < 1.29 is 18.3 Å². The van der Waals surface area contributed by atoms with E-state index in [1.165, 1.54) is 0 Å². The average Bonchev–Trinajstić information content (AvgIpc) is 2.78. The van der Waals surface area contributed by atoms with Crippen molar-refractivity contribution >= 4 is 21.8 Å². The Morgan fingerprint density at radius 2 is 1.84 bits per heavy atom. The largest absolute Gasteiger partial charge is 0.480 e. The number of carbonyl (C=O) groups is 1. The van der Waals surface area contributed by atoms with Crippen molar-refractivity contribution in [1.29, 1.82) is 0 Å². The highest BCUT2D eigenvalue weighted by Gasteiger charge is 2.72. The number of aliphatic imine (C=N–C) groups is 1. The van der Waals surface area contributed by atoms with E-state index >= 15 is 0 Å².